The smallest absolute Gasteiger partial charge is 0.230 e. The predicted octanol–water partition coefficient (Wildman–Crippen LogP) is 2.77. The third kappa shape index (κ3) is 1.82. The molecule has 1 amide bonds. The SMILES string of the molecule is COc1cnc(NC(=O)C2C(C)(C)C2(C)C)s1. The van der Waals surface area contributed by atoms with Crippen LogP contribution in [0, 0.1) is 16.7 Å². The highest BCUT2D eigenvalue weighted by Gasteiger charge is 2.68. The van der Waals surface area contributed by atoms with Crippen LogP contribution in [-0.2, 0) is 4.79 Å². The molecular formula is C12H18N2O2S. The second-order valence-electron chi connectivity index (χ2n) is 5.55. The minimum absolute atomic E-state index is 0.0462. The number of aromatic nitrogens is 1. The minimum Gasteiger partial charge on any atom is -0.486 e. The fourth-order valence-corrected chi connectivity index (χ4v) is 3.08. The van der Waals surface area contributed by atoms with Crippen molar-refractivity contribution in [1.82, 2.24) is 4.98 Å². The summed E-state index contributed by atoms with van der Waals surface area (Å²) in [6.07, 6.45) is 1.61. The van der Waals surface area contributed by atoms with Gasteiger partial charge in [0.05, 0.1) is 13.3 Å². The zero-order valence-corrected chi connectivity index (χ0v) is 11.6. The molecule has 0 spiro atoms. The number of methoxy groups -OCH3 is 1. The van der Waals surface area contributed by atoms with Gasteiger partial charge in [-0.2, -0.15) is 0 Å². The van der Waals surface area contributed by atoms with E-state index < -0.39 is 0 Å². The Bertz CT molecular complexity index is 437. The fourth-order valence-electron chi connectivity index (χ4n) is 2.44. The molecule has 1 saturated carbocycles. The number of ether oxygens (including phenoxy) is 1. The topological polar surface area (TPSA) is 51.2 Å². The molecule has 4 nitrogen and oxygen atoms in total. The Morgan fingerprint density at radius 2 is 2.00 bits per heavy atom. The maximum Gasteiger partial charge on any atom is 0.230 e. The van der Waals surface area contributed by atoms with Crippen molar-refractivity contribution in [1.29, 1.82) is 0 Å². The van der Waals surface area contributed by atoms with Crippen LogP contribution in [0.25, 0.3) is 0 Å². The van der Waals surface area contributed by atoms with Crippen molar-refractivity contribution >= 4 is 22.4 Å². The first-order chi connectivity index (χ1) is 7.80. The Hall–Kier alpha value is -1.10. The first kappa shape index (κ1) is 12.4. The molecule has 1 aliphatic carbocycles. The summed E-state index contributed by atoms with van der Waals surface area (Å²) < 4.78 is 5.04. The van der Waals surface area contributed by atoms with Crippen LogP contribution in [0.15, 0.2) is 6.20 Å². The maximum atomic E-state index is 12.1. The van der Waals surface area contributed by atoms with Crippen LogP contribution in [-0.4, -0.2) is 18.0 Å². The van der Waals surface area contributed by atoms with Gasteiger partial charge < -0.3 is 10.1 Å². The van der Waals surface area contributed by atoms with Crippen molar-refractivity contribution in [3.8, 4) is 5.06 Å². The summed E-state index contributed by atoms with van der Waals surface area (Å²) in [4.78, 5) is 16.2. The first-order valence-electron chi connectivity index (χ1n) is 5.61. The maximum absolute atomic E-state index is 12.1. The first-order valence-corrected chi connectivity index (χ1v) is 6.43. The summed E-state index contributed by atoms with van der Waals surface area (Å²) in [6, 6.07) is 0. The van der Waals surface area contributed by atoms with E-state index in [1.807, 2.05) is 0 Å². The third-order valence-electron chi connectivity index (χ3n) is 4.20. The molecule has 17 heavy (non-hydrogen) atoms. The lowest BCUT2D eigenvalue weighted by Crippen LogP contribution is -2.17. The molecule has 0 aromatic carbocycles. The van der Waals surface area contributed by atoms with Crippen LogP contribution in [0.4, 0.5) is 5.13 Å². The van der Waals surface area contributed by atoms with E-state index in [1.54, 1.807) is 13.3 Å². The van der Waals surface area contributed by atoms with Gasteiger partial charge >= 0.3 is 0 Å². The zero-order chi connectivity index (χ0) is 12.8. The Morgan fingerprint density at radius 1 is 1.41 bits per heavy atom. The van der Waals surface area contributed by atoms with Gasteiger partial charge in [-0.05, 0) is 10.8 Å². The molecule has 1 aromatic rings. The number of carbonyl (C=O) groups is 1. The molecule has 1 heterocycles. The number of rotatable bonds is 3. The standard InChI is InChI=1S/C12H18N2O2S/c1-11(2)8(12(11,3)4)9(15)14-10-13-6-7(16-5)17-10/h6,8H,1-5H3,(H,13,14,15). The van der Waals surface area contributed by atoms with Gasteiger partial charge in [-0.25, -0.2) is 4.98 Å². The number of carbonyl (C=O) groups excluding carboxylic acids is 1. The van der Waals surface area contributed by atoms with Crippen molar-refractivity contribution < 1.29 is 9.53 Å². The molecule has 1 N–H and O–H groups in total. The van der Waals surface area contributed by atoms with Crippen molar-refractivity contribution in [2.24, 2.45) is 16.7 Å². The third-order valence-corrected chi connectivity index (χ3v) is 5.07. The van der Waals surface area contributed by atoms with E-state index in [4.69, 9.17) is 4.74 Å². The normalized spacial score (nSPS) is 21.0. The Labute approximate surface area is 105 Å². The van der Waals surface area contributed by atoms with Crippen LogP contribution in [0.2, 0.25) is 0 Å². The molecule has 0 bridgehead atoms. The predicted molar refractivity (Wildman–Crippen MR) is 68.3 cm³/mol. The molecule has 0 aliphatic heterocycles. The van der Waals surface area contributed by atoms with E-state index >= 15 is 0 Å². The quantitative estimate of drug-likeness (QED) is 0.902. The Kier molecular flexibility index (Phi) is 2.69. The van der Waals surface area contributed by atoms with Gasteiger partial charge in [0, 0.05) is 5.92 Å². The molecule has 5 heteroatoms. The summed E-state index contributed by atoms with van der Waals surface area (Å²) in [5, 5.41) is 4.16. The number of nitrogens with zero attached hydrogens (tertiary/aromatic N) is 1. The molecule has 0 atom stereocenters. The van der Waals surface area contributed by atoms with Crippen LogP contribution in [0.1, 0.15) is 27.7 Å². The largest absolute Gasteiger partial charge is 0.486 e. The number of nitrogens with one attached hydrogen (secondary N) is 1. The summed E-state index contributed by atoms with van der Waals surface area (Å²) >= 11 is 1.34. The molecule has 0 unspecified atom stereocenters. The van der Waals surface area contributed by atoms with Gasteiger partial charge in [0.25, 0.3) is 0 Å². The second-order valence-corrected chi connectivity index (χ2v) is 6.55. The van der Waals surface area contributed by atoms with Gasteiger partial charge in [0.1, 0.15) is 0 Å². The highest BCUT2D eigenvalue weighted by Crippen LogP contribution is 2.68. The van der Waals surface area contributed by atoms with Gasteiger partial charge in [-0.1, -0.05) is 39.0 Å². The van der Waals surface area contributed by atoms with Gasteiger partial charge in [-0.15, -0.1) is 0 Å². The van der Waals surface area contributed by atoms with E-state index in [0.29, 0.717) is 10.2 Å². The number of hydrogen-bond donors (Lipinski definition) is 1. The van der Waals surface area contributed by atoms with E-state index in [0.717, 1.165) is 0 Å². The second kappa shape index (κ2) is 3.70. The van der Waals surface area contributed by atoms with Crippen molar-refractivity contribution in [3.63, 3.8) is 0 Å². The molecule has 1 fully saturated rings. The summed E-state index contributed by atoms with van der Waals surface area (Å²) in [7, 11) is 1.59. The molecule has 2 rings (SSSR count). The number of anilines is 1. The van der Waals surface area contributed by atoms with Gasteiger partial charge in [-0.3, -0.25) is 4.79 Å². The Balaban J connectivity index is 2.04. The zero-order valence-electron chi connectivity index (χ0n) is 10.8. The number of hydrogen-bond acceptors (Lipinski definition) is 4. The van der Waals surface area contributed by atoms with Crippen LogP contribution in [0.5, 0.6) is 5.06 Å². The van der Waals surface area contributed by atoms with E-state index in [2.05, 4.69) is 38.0 Å². The van der Waals surface area contributed by atoms with Crippen molar-refractivity contribution in [2.75, 3.05) is 12.4 Å². The van der Waals surface area contributed by atoms with Crippen LogP contribution < -0.4 is 10.1 Å². The highest BCUT2D eigenvalue weighted by atomic mass is 32.1. The summed E-state index contributed by atoms with van der Waals surface area (Å²) in [5.74, 6) is 0.0990. The molecular weight excluding hydrogens is 236 g/mol. The van der Waals surface area contributed by atoms with Crippen LogP contribution >= 0.6 is 11.3 Å². The average Bonchev–Trinajstić information content (AvgIpc) is 2.57. The molecule has 1 aliphatic rings. The lowest BCUT2D eigenvalue weighted by Gasteiger charge is -2.03. The molecule has 1 aromatic heterocycles. The van der Waals surface area contributed by atoms with Gasteiger partial charge in [0.2, 0.25) is 5.91 Å². The number of amides is 1. The summed E-state index contributed by atoms with van der Waals surface area (Å²) in [6.45, 7) is 8.50. The fraction of sp³-hybridized carbons (Fsp3) is 0.667. The highest BCUT2D eigenvalue weighted by molar-refractivity contribution is 7.17. The molecule has 0 radical (unpaired) electrons. The number of thiazole rings is 1. The lowest BCUT2D eigenvalue weighted by molar-refractivity contribution is -0.118. The van der Waals surface area contributed by atoms with Crippen molar-refractivity contribution in [3.05, 3.63) is 6.20 Å². The van der Waals surface area contributed by atoms with Gasteiger partial charge in [0.15, 0.2) is 10.2 Å². The van der Waals surface area contributed by atoms with E-state index in [1.165, 1.54) is 11.3 Å². The lowest BCUT2D eigenvalue weighted by atomic mass is 10.0. The van der Waals surface area contributed by atoms with E-state index in [9.17, 15) is 4.79 Å². The van der Waals surface area contributed by atoms with Crippen molar-refractivity contribution in [2.45, 2.75) is 27.7 Å². The van der Waals surface area contributed by atoms with E-state index in [-0.39, 0.29) is 22.7 Å². The molecule has 94 valence electrons. The monoisotopic (exact) mass is 254 g/mol. The summed E-state index contributed by atoms with van der Waals surface area (Å²) in [5.41, 5.74) is 0.108. The Morgan fingerprint density at radius 3 is 2.41 bits per heavy atom. The average molecular weight is 254 g/mol. The van der Waals surface area contributed by atoms with Crippen LogP contribution in [0.3, 0.4) is 0 Å². The minimum atomic E-state index is 0.0462. The molecule has 0 saturated heterocycles.